The molecule has 96 valence electrons. The summed E-state index contributed by atoms with van der Waals surface area (Å²) >= 11 is 0. The predicted molar refractivity (Wildman–Crippen MR) is 66.2 cm³/mol. The summed E-state index contributed by atoms with van der Waals surface area (Å²) in [7, 11) is 0. The molecule has 2 saturated heterocycles. The topological polar surface area (TPSA) is 81.6 Å². The lowest BCUT2D eigenvalue weighted by molar-refractivity contribution is -0.147. The fraction of sp³-hybridized carbons (Fsp3) is 0.909. The minimum Gasteiger partial charge on any atom is -0.480 e. The summed E-state index contributed by atoms with van der Waals surface area (Å²) in [6.45, 7) is 3.54. The van der Waals surface area contributed by atoms with Gasteiger partial charge >= 0.3 is 5.97 Å². The van der Waals surface area contributed by atoms with Crippen LogP contribution in [-0.4, -0.2) is 48.2 Å². The molecule has 2 aliphatic heterocycles. The molecule has 2 fully saturated rings. The van der Waals surface area contributed by atoms with E-state index in [1.54, 1.807) is 6.82 Å². The third-order valence-electron chi connectivity index (χ3n) is 4.43. The molecule has 4 N–H and O–H groups in total. The Bertz CT molecular complexity index is 299. The zero-order valence-corrected chi connectivity index (χ0v) is 10.3. The van der Waals surface area contributed by atoms with Gasteiger partial charge in [0, 0.05) is 18.5 Å². The van der Waals surface area contributed by atoms with E-state index >= 15 is 0 Å². The number of carbonyl (C=O) groups is 1. The largest absolute Gasteiger partial charge is 0.480 e. The third-order valence-corrected chi connectivity index (χ3v) is 4.43. The molecule has 0 aromatic heterocycles. The molecule has 0 unspecified atom stereocenters. The standard InChI is InChI=1S/C11H21BN2O3/c1-12(17)5-2-3-10-4-6-14-11(10,9(15)16)8-13-7-10/h13-14,17H,2-8H2,1H3,(H,15,16)/t10-,11-/m0/s1. The molecule has 0 bridgehead atoms. The SMILES string of the molecule is CB(O)CCC[C@@]12CCN[C@]1(C(=O)O)CNC2. The molecule has 0 aliphatic carbocycles. The first kappa shape index (κ1) is 12.9. The van der Waals surface area contributed by atoms with E-state index in [4.69, 9.17) is 0 Å². The van der Waals surface area contributed by atoms with Crippen LogP contribution in [0.1, 0.15) is 19.3 Å². The average Bonchev–Trinajstić information content (AvgIpc) is 2.72. The van der Waals surface area contributed by atoms with Crippen LogP contribution in [0.15, 0.2) is 0 Å². The van der Waals surface area contributed by atoms with Gasteiger partial charge in [0.1, 0.15) is 5.54 Å². The van der Waals surface area contributed by atoms with Crippen LogP contribution in [0.4, 0.5) is 0 Å². The van der Waals surface area contributed by atoms with Crippen molar-refractivity contribution in [1.29, 1.82) is 0 Å². The second-order valence-electron chi connectivity index (χ2n) is 5.51. The van der Waals surface area contributed by atoms with Gasteiger partial charge in [0.15, 0.2) is 0 Å². The quantitative estimate of drug-likeness (QED) is 0.500. The molecule has 2 rings (SSSR count). The highest BCUT2D eigenvalue weighted by Gasteiger charge is 2.62. The van der Waals surface area contributed by atoms with E-state index in [2.05, 4.69) is 10.6 Å². The third kappa shape index (κ3) is 1.98. The van der Waals surface area contributed by atoms with E-state index in [0.29, 0.717) is 6.54 Å². The van der Waals surface area contributed by atoms with Gasteiger partial charge in [-0.15, -0.1) is 0 Å². The first-order chi connectivity index (χ1) is 8.02. The maximum absolute atomic E-state index is 11.6. The second-order valence-corrected chi connectivity index (χ2v) is 5.51. The minimum absolute atomic E-state index is 0.173. The maximum atomic E-state index is 11.6. The Labute approximate surface area is 102 Å². The van der Waals surface area contributed by atoms with Crippen molar-refractivity contribution < 1.29 is 14.9 Å². The van der Waals surface area contributed by atoms with Gasteiger partial charge in [0.2, 0.25) is 0 Å². The van der Waals surface area contributed by atoms with Crippen molar-refractivity contribution in [3.63, 3.8) is 0 Å². The average molecular weight is 240 g/mol. The molecule has 0 amide bonds. The van der Waals surface area contributed by atoms with Crippen molar-refractivity contribution in [3.05, 3.63) is 0 Å². The van der Waals surface area contributed by atoms with Crippen LogP contribution in [-0.2, 0) is 4.79 Å². The van der Waals surface area contributed by atoms with Gasteiger partial charge < -0.3 is 20.8 Å². The molecule has 0 spiro atoms. The first-order valence-corrected chi connectivity index (χ1v) is 6.40. The van der Waals surface area contributed by atoms with E-state index < -0.39 is 11.5 Å². The predicted octanol–water partition coefficient (Wildman–Crippen LogP) is -0.213. The summed E-state index contributed by atoms with van der Waals surface area (Å²) in [5.74, 6) is -0.739. The molecule has 2 heterocycles. The highest BCUT2D eigenvalue weighted by Crippen LogP contribution is 2.46. The fourth-order valence-corrected chi connectivity index (χ4v) is 3.44. The van der Waals surface area contributed by atoms with Crippen LogP contribution in [0, 0.1) is 5.41 Å². The van der Waals surface area contributed by atoms with Gasteiger partial charge in [0.05, 0.1) is 0 Å². The normalized spacial score (nSPS) is 35.9. The van der Waals surface area contributed by atoms with Crippen molar-refractivity contribution in [2.75, 3.05) is 19.6 Å². The number of hydrogen-bond donors (Lipinski definition) is 4. The second kappa shape index (κ2) is 4.59. The van der Waals surface area contributed by atoms with E-state index in [-0.39, 0.29) is 12.3 Å². The van der Waals surface area contributed by atoms with Crippen LogP contribution >= 0.6 is 0 Å². The van der Waals surface area contributed by atoms with Crippen molar-refractivity contribution in [2.24, 2.45) is 5.41 Å². The summed E-state index contributed by atoms with van der Waals surface area (Å²) in [6.07, 6.45) is 3.41. The van der Waals surface area contributed by atoms with E-state index in [1.165, 1.54) is 0 Å². The van der Waals surface area contributed by atoms with Crippen LogP contribution in [0.2, 0.25) is 13.1 Å². The van der Waals surface area contributed by atoms with E-state index in [1.807, 2.05) is 0 Å². The van der Waals surface area contributed by atoms with E-state index in [9.17, 15) is 14.9 Å². The Hall–Kier alpha value is -0.585. The molecular formula is C11H21BN2O3. The molecule has 0 aromatic rings. The minimum atomic E-state index is -0.786. The van der Waals surface area contributed by atoms with Gasteiger partial charge in [-0.25, -0.2) is 0 Å². The Morgan fingerprint density at radius 3 is 2.88 bits per heavy atom. The van der Waals surface area contributed by atoms with Crippen LogP contribution < -0.4 is 10.6 Å². The Balaban J connectivity index is 2.08. The smallest absolute Gasteiger partial charge is 0.325 e. The van der Waals surface area contributed by atoms with Gasteiger partial charge in [-0.2, -0.15) is 0 Å². The van der Waals surface area contributed by atoms with Crippen LogP contribution in [0.5, 0.6) is 0 Å². The highest BCUT2D eigenvalue weighted by atomic mass is 16.4. The van der Waals surface area contributed by atoms with Crippen molar-refractivity contribution >= 4 is 12.9 Å². The summed E-state index contributed by atoms with van der Waals surface area (Å²) in [4.78, 5) is 11.6. The Morgan fingerprint density at radius 1 is 1.47 bits per heavy atom. The van der Waals surface area contributed by atoms with Crippen molar-refractivity contribution in [1.82, 2.24) is 10.6 Å². The van der Waals surface area contributed by atoms with Crippen LogP contribution in [0.25, 0.3) is 0 Å². The number of carboxylic acid groups (broad SMARTS) is 1. The lowest BCUT2D eigenvalue weighted by Crippen LogP contribution is -2.58. The number of carboxylic acids is 1. The molecule has 6 heteroatoms. The highest BCUT2D eigenvalue weighted by molar-refractivity contribution is 6.48. The van der Waals surface area contributed by atoms with Gasteiger partial charge in [0.25, 0.3) is 6.92 Å². The number of fused-ring (bicyclic) bond motifs is 1. The maximum Gasteiger partial charge on any atom is 0.325 e. The number of rotatable bonds is 5. The monoisotopic (exact) mass is 240 g/mol. The number of hydrogen-bond acceptors (Lipinski definition) is 4. The van der Waals surface area contributed by atoms with Gasteiger partial charge in [-0.05, 0) is 25.7 Å². The molecule has 5 nitrogen and oxygen atoms in total. The number of aliphatic carboxylic acids is 1. The van der Waals surface area contributed by atoms with Crippen molar-refractivity contribution in [3.8, 4) is 0 Å². The molecular weight excluding hydrogens is 219 g/mol. The Kier molecular flexibility index (Phi) is 3.47. The van der Waals surface area contributed by atoms with E-state index in [0.717, 1.165) is 38.7 Å². The lowest BCUT2D eigenvalue weighted by atomic mass is 9.63. The zero-order chi connectivity index (χ0) is 12.5. The zero-order valence-electron chi connectivity index (χ0n) is 10.3. The fourth-order valence-electron chi connectivity index (χ4n) is 3.44. The summed E-state index contributed by atoms with van der Waals surface area (Å²) in [5.41, 5.74) is -0.959. The summed E-state index contributed by atoms with van der Waals surface area (Å²) in [5, 5.41) is 25.2. The van der Waals surface area contributed by atoms with Crippen LogP contribution in [0.3, 0.4) is 0 Å². The summed E-state index contributed by atoms with van der Waals surface area (Å²) in [6, 6.07) is 0. The van der Waals surface area contributed by atoms with Gasteiger partial charge in [-0.3, -0.25) is 4.79 Å². The molecule has 0 radical (unpaired) electrons. The molecule has 2 aliphatic rings. The number of nitrogens with one attached hydrogen (secondary N) is 2. The van der Waals surface area contributed by atoms with Crippen molar-refractivity contribution in [2.45, 2.75) is 37.9 Å². The molecule has 0 aromatic carbocycles. The molecule has 2 atom stereocenters. The summed E-state index contributed by atoms with van der Waals surface area (Å²) < 4.78 is 0. The lowest BCUT2D eigenvalue weighted by Gasteiger charge is -2.36. The first-order valence-electron chi connectivity index (χ1n) is 6.40. The Morgan fingerprint density at radius 2 is 2.24 bits per heavy atom. The molecule has 17 heavy (non-hydrogen) atoms. The molecule has 0 saturated carbocycles. The van der Waals surface area contributed by atoms with Gasteiger partial charge in [-0.1, -0.05) is 13.2 Å².